The van der Waals surface area contributed by atoms with E-state index >= 15 is 0 Å². The topological polar surface area (TPSA) is 77.1 Å². The van der Waals surface area contributed by atoms with Crippen LogP contribution in [0.25, 0.3) is 33.3 Å². The average Bonchev–Trinajstić information content (AvgIpc) is 3.42. The number of nitrogens with zero attached hydrogens (tertiary/aromatic N) is 3. The van der Waals surface area contributed by atoms with E-state index in [0.717, 1.165) is 41.7 Å². The zero-order chi connectivity index (χ0) is 20.3. The normalized spacial score (nSPS) is 15.1. The van der Waals surface area contributed by atoms with Crippen LogP contribution in [0.1, 0.15) is 24.8 Å². The van der Waals surface area contributed by atoms with E-state index in [4.69, 9.17) is 9.98 Å². The molecule has 0 unspecified atom stereocenters. The largest absolute Gasteiger partial charge is 0.351 e. The first kappa shape index (κ1) is 18.8. The first-order valence-electron chi connectivity index (χ1n) is 10.6. The third kappa shape index (κ3) is 3.66. The van der Waals surface area contributed by atoms with Crippen molar-refractivity contribution < 1.29 is 0 Å². The molecule has 2 aromatic heterocycles. The Morgan fingerprint density at radius 1 is 1.00 bits per heavy atom. The van der Waals surface area contributed by atoms with Crippen LogP contribution in [0.15, 0.2) is 58.3 Å². The number of nitrogens with one attached hydrogen (secondary N) is 2. The van der Waals surface area contributed by atoms with Crippen molar-refractivity contribution in [1.82, 2.24) is 19.9 Å². The first-order chi connectivity index (χ1) is 14.8. The molecular formula is C24H25N5O. The van der Waals surface area contributed by atoms with E-state index in [0.29, 0.717) is 16.7 Å². The molecule has 0 bridgehead atoms. The van der Waals surface area contributed by atoms with Crippen LogP contribution in [0.3, 0.4) is 0 Å². The molecule has 0 aliphatic carbocycles. The Balaban J connectivity index is 1.48. The maximum absolute atomic E-state index is 12.6. The number of fused-ring (bicyclic) bond motifs is 2. The molecule has 0 saturated carbocycles. The number of hydrogen-bond donors (Lipinski definition) is 2. The van der Waals surface area contributed by atoms with Crippen LogP contribution in [0, 0.1) is 0 Å². The molecular weight excluding hydrogens is 374 g/mol. The molecule has 6 nitrogen and oxygen atoms in total. The van der Waals surface area contributed by atoms with E-state index in [1.54, 1.807) is 6.07 Å². The molecule has 0 atom stereocenters. The maximum Gasteiger partial charge on any atom is 0.259 e. The van der Waals surface area contributed by atoms with Crippen molar-refractivity contribution in [3.8, 4) is 11.5 Å². The van der Waals surface area contributed by atoms with Gasteiger partial charge in [0, 0.05) is 29.2 Å². The van der Waals surface area contributed by atoms with Gasteiger partial charge < -0.3 is 14.9 Å². The summed E-state index contributed by atoms with van der Waals surface area (Å²) in [5, 5.41) is 1.67. The summed E-state index contributed by atoms with van der Waals surface area (Å²) in [4.78, 5) is 30.9. The molecule has 4 aromatic rings. The lowest BCUT2D eigenvalue weighted by Gasteiger charge is -2.12. The molecule has 1 saturated heterocycles. The Bertz CT molecular complexity index is 1260. The van der Waals surface area contributed by atoms with E-state index < -0.39 is 0 Å². The molecule has 0 radical (unpaired) electrons. The predicted molar refractivity (Wildman–Crippen MR) is 122 cm³/mol. The summed E-state index contributed by atoms with van der Waals surface area (Å²) in [7, 11) is 0. The Kier molecular flexibility index (Phi) is 5.15. The van der Waals surface area contributed by atoms with Crippen LogP contribution in [0.5, 0.6) is 0 Å². The lowest BCUT2D eigenvalue weighted by molar-refractivity contribution is 0.336. The minimum atomic E-state index is -0.136. The molecule has 152 valence electrons. The van der Waals surface area contributed by atoms with Gasteiger partial charge in [-0.15, -0.1) is 0 Å². The summed E-state index contributed by atoms with van der Waals surface area (Å²) in [6.45, 7) is 4.34. The number of aromatic amines is 2. The van der Waals surface area contributed by atoms with Crippen LogP contribution in [0.2, 0.25) is 0 Å². The van der Waals surface area contributed by atoms with Gasteiger partial charge in [-0.25, -0.2) is 4.98 Å². The van der Waals surface area contributed by atoms with E-state index in [-0.39, 0.29) is 5.56 Å². The van der Waals surface area contributed by atoms with Gasteiger partial charge in [-0.1, -0.05) is 30.3 Å². The lowest BCUT2D eigenvalue weighted by atomic mass is 10.1. The van der Waals surface area contributed by atoms with Crippen molar-refractivity contribution in [2.24, 2.45) is 4.99 Å². The van der Waals surface area contributed by atoms with Crippen LogP contribution in [-0.2, 0) is 0 Å². The fourth-order valence-corrected chi connectivity index (χ4v) is 4.24. The van der Waals surface area contributed by atoms with Crippen molar-refractivity contribution >= 4 is 28.0 Å². The van der Waals surface area contributed by atoms with E-state index in [1.165, 1.54) is 25.9 Å². The van der Waals surface area contributed by atoms with Crippen LogP contribution >= 0.6 is 0 Å². The lowest BCUT2D eigenvalue weighted by Crippen LogP contribution is -2.20. The quantitative estimate of drug-likeness (QED) is 0.380. The van der Waals surface area contributed by atoms with Gasteiger partial charge >= 0.3 is 0 Å². The van der Waals surface area contributed by atoms with Crippen molar-refractivity contribution in [2.75, 3.05) is 26.2 Å². The molecule has 2 aromatic carbocycles. The van der Waals surface area contributed by atoms with Gasteiger partial charge in [-0.2, -0.15) is 0 Å². The van der Waals surface area contributed by atoms with E-state index in [1.807, 2.05) is 42.6 Å². The second-order valence-corrected chi connectivity index (χ2v) is 7.83. The van der Waals surface area contributed by atoms with Crippen LogP contribution < -0.4 is 5.56 Å². The van der Waals surface area contributed by atoms with E-state index in [9.17, 15) is 4.79 Å². The fourth-order valence-electron chi connectivity index (χ4n) is 4.24. The van der Waals surface area contributed by atoms with Crippen molar-refractivity contribution in [1.29, 1.82) is 0 Å². The predicted octanol–water partition coefficient (Wildman–Crippen LogP) is 3.98. The molecule has 3 heterocycles. The third-order valence-electron chi connectivity index (χ3n) is 5.78. The SMILES string of the molecule is O=c1[nH]c(-c2[nH]c3ccccc3c2C=NCCCN2CCCC2)nc2ccccc12. The zero-order valence-corrected chi connectivity index (χ0v) is 16.9. The molecule has 5 rings (SSSR count). The molecule has 6 heteroatoms. The summed E-state index contributed by atoms with van der Waals surface area (Å²) in [5.41, 5.74) is 3.31. The number of hydrogen-bond acceptors (Lipinski definition) is 4. The number of likely N-dealkylation sites (tertiary alicyclic amines) is 1. The Morgan fingerprint density at radius 3 is 2.63 bits per heavy atom. The summed E-state index contributed by atoms with van der Waals surface area (Å²) in [6.07, 6.45) is 5.62. The monoisotopic (exact) mass is 399 g/mol. The number of aromatic nitrogens is 3. The number of para-hydroxylation sites is 2. The fraction of sp³-hybridized carbons (Fsp3) is 0.292. The number of H-pyrrole nitrogens is 2. The van der Waals surface area contributed by atoms with Crippen LogP contribution in [-0.4, -0.2) is 52.2 Å². The third-order valence-corrected chi connectivity index (χ3v) is 5.78. The summed E-state index contributed by atoms with van der Waals surface area (Å²) >= 11 is 0. The Morgan fingerprint density at radius 2 is 1.77 bits per heavy atom. The standard InChI is InChI=1S/C24H25N5O/c30-24-18-9-2-4-11-21(18)27-23(28-24)22-19(17-8-1-3-10-20(17)26-22)16-25-12-7-15-29-13-5-6-14-29/h1-4,8-11,16,26H,5-7,12-15H2,(H,27,28,30). The minimum absolute atomic E-state index is 0.136. The molecule has 0 spiro atoms. The number of aliphatic imine (C=N–C) groups is 1. The smallest absolute Gasteiger partial charge is 0.259 e. The van der Waals surface area contributed by atoms with Crippen LogP contribution in [0.4, 0.5) is 0 Å². The summed E-state index contributed by atoms with van der Waals surface area (Å²) in [5.74, 6) is 0.536. The highest BCUT2D eigenvalue weighted by atomic mass is 16.1. The molecule has 1 aliphatic heterocycles. The van der Waals surface area contributed by atoms with E-state index in [2.05, 4.69) is 20.9 Å². The van der Waals surface area contributed by atoms with Gasteiger partial charge in [-0.05, 0) is 57.1 Å². The second kappa shape index (κ2) is 8.24. The highest BCUT2D eigenvalue weighted by Gasteiger charge is 2.15. The molecule has 30 heavy (non-hydrogen) atoms. The number of benzene rings is 2. The summed E-state index contributed by atoms with van der Waals surface area (Å²) < 4.78 is 0. The van der Waals surface area contributed by atoms with Gasteiger partial charge in [0.15, 0.2) is 5.82 Å². The Hall–Kier alpha value is -3.25. The average molecular weight is 399 g/mol. The van der Waals surface area contributed by atoms with Crippen molar-refractivity contribution in [3.05, 3.63) is 64.4 Å². The molecule has 0 amide bonds. The second-order valence-electron chi connectivity index (χ2n) is 7.83. The van der Waals surface area contributed by atoms with Gasteiger partial charge in [0.1, 0.15) is 0 Å². The van der Waals surface area contributed by atoms with Crippen molar-refractivity contribution in [2.45, 2.75) is 19.3 Å². The van der Waals surface area contributed by atoms with Crippen molar-refractivity contribution in [3.63, 3.8) is 0 Å². The minimum Gasteiger partial charge on any atom is -0.351 e. The summed E-state index contributed by atoms with van der Waals surface area (Å²) in [6, 6.07) is 15.5. The molecule has 1 aliphatic rings. The maximum atomic E-state index is 12.6. The van der Waals surface area contributed by atoms with Gasteiger partial charge in [0.05, 0.1) is 16.6 Å². The first-order valence-corrected chi connectivity index (χ1v) is 10.6. The number of rotatable bonds is 6. The van der Waals surface area contributed by atoms with Gasteiger partial charge in [0.25, 0.3) is 5.56 Å². The van der Waals surface area contributed by atoms with Gasteiger partial charge in [0.2, 0.25) is 0 Å². The molecule has 1 fully saturated rings. The van der Waals surface area contributed by atoms with Gasteiger partial charge in [-0.3, -0.25) is 9.79 Å². The Labute approximate surface area is 174 Å². The highest BCUT2D eigenvalue weighted by Crippen LogP contribution is 2.27. The zero-order valence-electron chi connectivity index (χ0n) is 16.9. The molecule has 2 N–H and O–H groups in total. The highest BCUT2D eigenvalue weighted by molar-refractivity contribution is 6.05.